The van der Waals surface area contributed by atoms with Crippen LogP contribution in [0.4, 0.5) is 4.39 Å². The molecule has 0 unspecified atom stereocenters. The fourth-order valence-corrected chi connectivity index (χ4v) is 1.64. The van der Waals surface area contributed by atoms with Gasteiger partial charge in [0.2, 0.25) is 0 Å². The Labute approximate surface area is 97.9 Å². The van der Waals surface area contributed by atoms with Gasteiger partial charge in [-0.3, -0.25) is 9.78 Å². The number of pyridine rings is 1. The first-order valence-electron chi connectivity index (χ1n) is 4.99. The zero-order valence-electron chi connectivity index (χ0n) is 9.18. The summed E-state index contributed by atoms with van der Waals surface area (Å²) in [5, 5.41) is 0. The van der Waals surface area contributed by atoms with Crippen LogP contribution in [-0.4, -0.2) is 18.4 Å². The third-order valence-corrected chi connectivity index (χ3v) is 2.43. The minimum Gasteiger partial charge on any atom is -0.496 e. The number of carbonyl (C=O) groups is 1. The third kappa shape index (κ3) is 2.15. The minimum absolute atomic E-state index is 0.380. The van der Waals surface area contributed by atoms with Crippen LogP contribution in [0.3, 0.4) is 0 Å². The molecule has 0 saturated carbocycles. The first kappa shape index (κ1) is 11.3. The maximum atomic E-state index is 13.2. The average molecular weight is 231 g/mol. The number of hydrogen-bond donors (Lipinski definition) is 0. The van der Waals surface area contributed by atoms with E-state index in [1.165, 1.54) is 31.5 Å². The molecule has 0 amide bonds. The highest BCUT2D eigenvalue weighted by atomic mass is 19.1. The topological polar surface area (TPSA) is 39.2 Å². The van der Waals surface area contributed by atoms with Crippen molar-refractivity contribution < 1.29 is 13.9 Å². The molecule has 0 aliphatic carbocycles. The van der Waals surface area contributed by atoms with Crippen molar-refractivity contribution in [1.29, 1.82) is 0 Å². The Balaban J connectivity index is 2.66. The highest BCUT2D eigenvalue weighted by Gasteiger charge is 2.10. The molecule has 0 fully saturated rings. The molecule has 0 bridgehead atoms. The van der Waals surface area contributed by atoms with Gasteiger partial charge in [-0.25, -0.2) is 4.39 Å². The summed E-state index contributed by atoms with van der Waals surface area (Å²) in [5.41, 5.74) is 1.54. The van der Waals surface area contributed by atoms with E-state index in [0.717, 1.165) is 0 Å². The quantitative estimate of drug-likeness (QED) is 0.762. The molecule has 2 aromatic rings. The predicted octanol–water partition coefficient (Wildman–Crippen LogP) is 2.71. The van der Waals surface area contributed by atoms with Crippen LogP contribution in [-0.2, 0) is 0 Å². The number of aromatic nitrogens is 1. The van der Waals surface area contributed by atoms with Gasteiger partial charge in [-0.2, -0.15) is 0 Å². The molecule has 0 N–H and O–H groups in total. The molecule has 4 heteroatoms. The molecule has 0 aliphatic rings. The lowest BCUT2D eigenvalue weighted by Gasteiger charge is -2.10. The second kappa shape index (κ2) is 4.74. The zero-order valence-corrected chi connectivity index (χ0v) is 9.18. The Kier molecular flexibility index (Phi) is 3.14. The van der Waals surface area contributed by atoms with Crippen LogP contribution >= 0.6 is 0 Å². The molecule has 0 saturated heterocycles. The molecule has 1 aromatic heterocycles. The van der Waals surface area contributed by atoms with E-state index in [-0.39, 0.29) is 5.82 Å². The van der Waals surface area contributed by atoms with E-state index in [9.17, 15) is 9.18 Å². The van der Waals surface area contributed by atoms with Crippen molar-refractivity contribution in [1.82, 2.24) is 4.98 Å². The van der Waals surface area contributed by atoms with Crippen LogP contribution in [0.25, 0.3) is 11.1 Å². The molecule has 2 rings (SSSR count). The maximum absolute atomic E-state index is 13.2. The normalized spacial score (nSPS) is 10.0. The van der Waals surface area contributed by atoms with E-state index in [2.05, 4.69) is 4.98 Å². The van der Waals surface area contributed by atoms with Crippen molar-refractivity contribution in [3.63, 3.8) is 0 Å². The minimum atomic E-state index is -0.380. The van der Waals surface area contributed by atoms with Crippen molar-refractivity contribution >= 4 is 6.29 Å². The second-order valence-electron chi connectivity index (χ2n) is 3.43. The largest absolute Gasteiger partial charge is 0.496 e. The van der Waals surface area contributed by atoms with Gasteiger partial charge in [-0.1, -0.05) is 0 Å². The van der Waals surface area contributed by atoms with E-state index >= 15 is 0 Å². The number of rotatable bonds is 3. The van der Waals surface area contributed by atoms with Crippen LogP contribution in [0.2, 0.25) is 0 Å². The standard InChI is InChI=1S/C13H10FNO2/c1-17-13-3-2-10(14)6-12(13)11-4-5-15-7-9(11)8-16/h2-8H,1H3. The lowest BCUT2D eigenvalue weighted by molar-refractivity contribution is 0.112. The Morgan fingerprint density at radius 1 is 1.29 bits per heavy atom. The van der Waals surface area contributed by atoms with Gasteiger partial charge in [0.25, 0.3) is 0 Å². The van der Waals surface area contributed by atoms with Crippen LogP contribution in [0.15, 0.2) is 36.7 Å². The summed E-state index contributed by atoms with van der Waals surface area (Å²) in [4.78, 5) is 14.8. The summed E-state index contributed by atoms with van der Waals surface area (Å²) in [6, 6.07) is 5.83. The van der Waals surface area contributed by atoms with E-state index in [4.69, 9.17) is 4.74 Å². The smallest absolute Gasteiger partial charge is 0.152 e. The highest BCUT2D eigenvalue weighted by molar-refractivity contribution is 5.88. The van der Waals surface area contributed by atoms with E-state index < -0.39 is 0 Å². The highest BCUT2D eigenvalue weighted by Crippen LogP contribution is 2.31. The van der Waals surface area contributed by atoms with Gasteiger partial charge in [-0.05, 0) is 29.8 Å². The number of hydrogen-bond acceptors (Lipinski definition) is 3. The van der Waals surface area contributed by atoms with Crippen molar-refractivity contribution in [3.8, 4) is 16.9 Å². The average Bonchev–Trinajstić information content (AvgIpc) is 2.38. The molecule has 1 heterocycles. The summed E-state index contributed by atoms with van der Waals surface area (Å²) in [6.45, 7) is 0. The fourth-order valence-electron chi connectivity index (χ4n) is 1.64. The molecule has 86 valence electrons. The predicted molar refractivity (Wildman–Crippen MR) is 61.6 cm³/mol. The Bertz CT molecular complexity index is 555. The molecular weight excluding hydrogens is 221 g/mol. The number of benzene rings is 1. The van der Waals surface area contributed by atoms with E-state index in [0.29, 0.717) is 28.7 Å². The number of carbonyl (C=O) groups excluding carboxylic acids is 1. The van der Waals surface area contributed by atoms with Gasteiger partial charge in [0.15, 0.2) is 6.29 Å². The van der Waals surface area contributed by atoms with E-state index in [1.807, 2.05) is 0 Å². The van der Waals surface area contributed by atoms with E-state index in [1.54, 1.807) is 12.3 Å². The molecular formula is C13H10FNO2. The number of methoxy groups -OCH3 is 1. The van der Waals surface area contributed by atoms with Gasteiger partial charge >= 0.3 is 0 Å². The summed E-state index contributed by atoms with van der Waals surface area (Å²) in [7, 11) is 1.50. The SMILES string of the molecule is COc1ccc(F)cc1-c1ccncc1C=O. The van der Waals surface area contributed by atoms with Crippen molar-refractivity contribution in [2.45, 2.75) is 0 Å². The fraction of sp³-hybridized carbons (Fsp3) is 0.0769. The maximum Gasteiger partial charge on any atom is 0.152 e. The summed E-state index contributed by atoms with van der Waals surface area (Å²) in [5.74, 6) is 0.134. The second-order valence-corrected chi connectivity index (χ2v) is 3.43. The molecule has 3 nitrogen and oxygen atoms in total. The molecule has 0 spiro atoms. The first-order valence-corrected chi connectivity index (χ1v) is 4.99. The van der Waals surface area contributed by atoms with Crippen LogP contribution < -0.4 is 4.74 Å². The number of halogens is 1. The first-order chi connectivity index (χ1) is 8.26. The molecule has 1 aromatic carbocycles. The van der Waals surface area contributed by atoms with Crippen molar-refractivity contribution in [3.05, 3.63) is 48.0 Å². The zero-order chi connectivity index (χ0) is 12.3. The molecule has 17 heavy (non-hydrogen) atoms. The Hall–Kier alpha value is -2.23. The van der Waals surface area contributed by atoms with Crippen LogP contribution in [0, 0.1) is 5.82 Å². The molecule has 0 radical (unpaired) electrons. The van der Waals surface area contributed by atoms with Gasteiger partial charge in [0.05, 0.1) is 7.11 Å². The molecule has 0 atom stereocenters. The van der Waals surface area contributed by atoms with Crippen molar-refractivity contribution in [2.75, 3.05) is 7.11 Å². The third-order valence-electron chi connectivity index (χ3n) is 2.43. The summed E-state index contributed by atoms with van der Waals surface area (Å²) < 4.78 is 18.4. The van der Waals surface area contributed by atoms with Gasteiger partial charge in [0.1, 0.15) is 11.6 Å². The summed E-state index contributed by atoms with van der Waals surface area (Å²) >= 11 is 0. The Morgan fingerprint density at radius 2 is 2.12 bits per heavy atom. The van der Waals surface area contributed by atoms with Gasteiger partial charge < -0.3 is 4.74 Å². The van der Waals surface area contributed by atoms with Gasteiger partial charge in [-0.15, -0.1) is 0 Å². The van der Waals surface area contributed by atoms with Crippen LogP contribution in [0.1, 0.15) is 10.4 Å². The number of aldehydes is 1. The van der Waals surface area contributed by atoms with Crippen molar-refractivity contribution in [2.24, 2.45) is 0 Å². The van der Waals surface area contributed by atoms with Crippen LogP contribution in [0.5, 0.6) is 5.75 Å². The number of nitrogens with zero attached hydrogens (tertiary/aromatic N) is 1. The summed E-state index contributed by atoms with van der Waals surface area (Å²) in [6.07, 6.45) is 3.67. The lowest BCUT2D eigenvalue weighted by atomic mass is 10.0. The lowest BCUT2D eigenvalue weighted by Crippen LogP contribution is -1.93. The molecule has 0 aliphatic heterocycles. The van der Waals surface area contributed by atoms with Gasteiger partial charge in [0, 0.05) is 23.5 Å². The number of ether oxygens (including phenoxy) is 1. The Morgan fingerprint density at radius 3 is 2.82 bits per heavy atom. The monoisotopic (exact) mass is 231 g/mol.